The summed E-state index contributed by atoms with van der Waals surface area (Å²) in [6, 6.07) is 3.21. The van der Waals surface area contributed by atoms with Crippen molar-refractivity contribution >= 4 is 29.4 Å². The monoisotopic (exact) mass is 321 g/mol. The van der Waals surface area contributed by atoms with Crippen LogP contribution in [0.25, 0.3) is 0 Å². The van der Waals surface area contributed by atoms with Gasteiger partial charge in [-0.25, -0.2) is 4.79 Å². The molecule has 1 aliphatic rings. The van der Waals surface area contributed by atoms with Crippen molar-refractivity contribution in [2.45, 2.75) is 0 Å². The SMILES string of the molecule is COc1cc(NC(=O)C2C(=O)N(C)C(=O)N(C)C2=O)ccc1O. The Morgan fingerprint density at radius 2 is 1.74 bits per heavy atom. The Labute approximate surface area is 131 Å². The number of ether oxygens (including phenoxy) is 1. The fourth-order valence-corrected chi connectivity index (χ4v) is 2.10. The molecular weight excluding hydrogens is 306 g/mol. The zero-order chi connectivity index (χ0) is 17.3. The van der Waals surface area contributed by atoms with Gasteiger partial charge in [0.05, 0.1) is 7.11 Å². The zero-order valence-corrected chi connectivity index (χ0v) is 12.7. The van der Waals surface area contributed by atoms with Crippen molar-refractivity contribution in [3.8, 4) is 11.5 Å². The topological polar surface area (TPSA) is 116 Å². The van der Waals surface area contributed by atoms with Crippen LogP contribution in [0.4, 0.5) is 10.5 Å². The van der Waals surface area contributed by atoms with E-state index in [0.717, 1.165) is 0 Å². The second-order valence-corrected chi connectivity index (χ2v) is 4.89. The molecule has 0 bridgehead atoms. The summed E-state index contributed by atoms with van der Waals surface area (Å²) in [7, 11) is 3.72. The lowest BCUT2D eigenvalue weighted by molar-refractivity contribution is -0.151. The van der Waals surface area contributed by atoms with Crippen LogP contribution >= 0.6 is 0 Å². The fourth-order valence-electron chi connectivity index (χ4n) is 2.10. The van der Waals surface area contributed by atoms with Gasteiger partial charge in [0.1, 0.15) is 0 Å². The molecular formula is C14H15N3O6. The first kappa shape index (κ1) is 16.3. The molecule has 1 fully saturated rings. The van der Waals surface area contributed by atoms with Gasteiger partial charge < -0.3 is 15.2 Å². The van der Waals surface area contributed by atoms with Crippen LogP contribution in [0, 0.1) is 5.92 Å². The molecule has 1 aromatic rings. The minimum absolute atomic E-state index is 0.119. The molecule has 0 aromatic heterocycles. The van der Waals surface area contributed by atoms with Gasteiger partial charge in [0.25, 0.3) is 11.8 Å². The van der Waals surface area contributed by atoms with E-state index in [-0.39, 0.29) is 17.2 Å². The van der Waals surface area contributed by atoms with E-state index in [9.17, 15) is 24.3 Å². The van der Waals surface area contributed by atoms with E-state index in [1.54, 1.807) is 0 Å². The summed E-state index contributed by atoms with van der Waals surface area (Å²) in [5.41, 5.74) is 0.229. The lowest BCUT2D eigenvalue weighted by atomic mass is 10.0. The van der Waals surface area contributed by atoms with E-state index in [4.69, 9.17) is 4.74 Å². The number of carbonyl (C=O) groups excluding carboxylic acids is 4. The predicted octanol–water partition coefficient (Wildman–Crippen LogP) is 0.00590. The lowest BCUT2D eigenvalue weighted by Crippen LogP contribution is -2.59. The van der Waals surface area contributed by atoms with Crippen molar-refractivity contribution in [3.05, 3.63) is 18.2 Å². The van der Waals surface area contributed by atoms with Crippen LogP contribution in [-0.4, -0.2) is 59.9 Å². The average Bonchev–Trinajstić information content (AvgIpc) is 2.53. The van der Waals surface area contributed by atoms with Crippen molar-refractivity contribution < 1.29 is 29.0 Å². The summed E-state index contributed by atoms with van der Waals surface area (Å²) < 4.78 is 4.91. The molecule has 0 spiro atoms. The third kappa shape index (κ3) is 2.80. The molecule has 1 saturated heterocycles. The van der Waals surface area contributed by atoms with E-state index in [1.807, 2.05) is 0 Å². The number of phenols is 1. The van der Waals surface area contributed by atoms with Crippen molar-refractivity contribution in [1.82, 2.24) is 9.80 Å². The molecule has 23 heavy (non-hydrogen) atoms. The molecule has 0 unspecified atom stereocenters. The minimum atomic E-state index is -1.65. The highest BCUT2D eigenvalue weighted by molar-refractivity contribution is 6.27. The Morgan fingerprint density at radius 3 is 2.26 bits per heavy atom. The van der Waals surface area contributed by atoms with Crippen LogP contribution < -0.4 is 10.1 Å². The normalized spacial score (nSPS) is 15.9. The maximum absolute atomic E-state index is 12.2. The zero-order valence-electron chi connectivity index (χ0n) is 12.7. The van der Waals surface area contributed by atoms with Gasteiger partial charge in [-0.05, 0) is 12.1 Å². The molecule has 2 N–H and O–H groups in total. The van der Waals surface area contributed by atoms with Gasteiger partial charge >= 0.3 is 6.03 Å². The number of amides is 5. The van der Waals surface area contributed by atoms with Gasteiger partial charge in [0.2, 0.25) is 5.91 Å². The number of urea groups is 1. The van der Waals surface area contributed by atoms with Crippen molar-refractivity contribution in [2.24, 2.45) is 5.92 Å². The number of aromatic hydroxyl groups is 1. The highest BCUT2D eigenvalue weighted by atomic mass is 16.5. The number of anilines is 1. The number of hydrogen-bond acceptors (Lipinski definition) is 6. The summed E-state index contributed by atoms with van der Waals surface area (Å²) in [6.45, 7) is 0. The van der Waals surface area contributed by atoms with Crippen molar-refractivity contribution in [2.75, 3.05) is 26.5 Å². The smallest absolute Gasteiger partial charge is 0.332 e. The Hall–Kier alpha value is -3.10. The van der Waals surface area contributed by atoms with Gasteiger partial charge in [-0.1, -0.05) is 0 Å². The lowest BCUT2D eigenvalue weighted by Gasteiger charge is -2.32. The second-order valence-electron chi connectivity index (χ2n) is 4.89. The standard InChI is InChI=1S/C14H15N3O6/c1-16-12(20)10(13(21)17(2)14(16)22)11(19)15-7-4-5-8(18)9(6-7)23-3/h4-6,10,18H,1-3H3,(H,15,19). The number of carbonyl (C=O) groups is 4. The van der Waals surface area contributed by atoms with E-state index in [1.165, 1.54) is 39.4 Å². The number of nitrogens with one attached hydrogen (secondary N) is 1. The van der Waals surface area contributed by atoms with Crippen LogP contribution in [0.15, 0.2) is 18.2 Å². The summed E-state index contributed by atoms with van der Waals surface area (Å²) in [4.78, 5) is 49.4. The first-order valence-corrected chi connectivity index (χ1v) is 6.55. The van der Waals surface area contributed by atoms with E-state index >= 15 is 0 Å². The number of rotatable bonds is 3. The molecule has 1 aromatic carbocycles. The Kier molecular flexibility index (Phi) is 4.21. The largest absolute Gasteiger partial charge is 0.504 e. The van der Waals surface area contributed by atoms with Crippen LogP contribution in [0.5, 0.6) is 11.5 Å². The fraction of sp³-hybridized carbons (Fsp3) is 0.286. The Bertz CT molecular complexity index is 678. The number of methoxy groups -OCH3 is 1. The third-order valence-corrected chi connectivity index (χ3v) is 3.44. The highest BCUT2D eigenvalue weighted by Gasteiger charge is 2.46. The molecule has 0 radical (unpaired) electrons. The van der Waals surface area contributed by atoms with E-state index in [0.29, 0.717) is 9.80 Å². The minimum Gasteiger partial charge on any atom is -0.504 e. The Morgan fingerprint density at radius 1 is 1.17 bits per heavy atom. The predicted molar refractivity (Wildman–Crippen MR) is 77.7 cm³/mol. The van der Waals surface area contributed by atoms with Gasteiger partial charge in [-0.2, -0.15) is 0 Å². The van der Waals surface area contributed by atoms with E-state index in [2.05, 4.69) is 5.32 Å². The van der Waals surface area contributed by atoms with Crippen LogP contribution in [-0.2, 0) is 14.4 Å². The summed E-state index contributed by atoms with van der Waals surface area (Å²) in [5.74, 6) is -4.34. The molecule has 0 saturated carbocycles. The molecule has 1 heterocycles. The first-order valence-electron chi connectivity index (χ1n) is 6.55. The van der Waals surface area contributed by atoms with Crippen molar-refractivity contribution in [1.29, 1.82) is 0 Å². The quantitative estimate of drug-likeness (QED) is 0.598. The van der Waals surface area contributed by atoms with Gasteiger partial charge in [-0.15, -0.1) is 0 Å². The number of barbiturate groups is 1. The molecule has 9 heteroatoms. The van der Waals surface area contributed by atoms with Crippen LogP contribution in [0.1, 0.15) is 0 Å². The summed E-state index contributed by atoms with van der Waals surface area (Å²) >= 11 is 0. The molecule has 122 valence electrons. The van der Waals surface area contributed by atoms with E-state index < -0.39 is 29.7 Å². The van der Waals surface area contributed by atoms with Crippen LogP contribution in [0.2, 0.25) is 0 Å². The average molecular weight is 321 g/mol. The number of hydrogen-bond donors (Lipinski definition) is 2. The molecule has 1 aliphatic heterocycles. The maximum Gasteiger partial charge on any atom is 0.332 e. The number of imide groups is 2. The molecule has 5 amide bonds. The van der Waals surface area contributed by atoms with Crippen LogP contribution in [0.3, 0.4) is 0 Å². The highest BCUT2D eigenvalue weighted by Crippen LogP contribution is 2.29. The summed E-state index contributed by atoms with van der Waals surface area (Å²) in [5, 5.41) is 11.9. The second kappa shape index (κ2) is 5.95. The molecule has 2 rings (SSSR count). The molecule has 0 aliphatic carbocycles. The maximum atomic E-state index is 12.2. The third-order valence-electron chi connectivity index (χ3n) is 3.44. The number of nitrogens with zero attached hydrogens (tertiary/aromatic N) is 2. The Balaban J connectivity index is 2.24. The summed E-state index contributed by atoms with van der Waals surface area (Å²) in [6.07, 6.45) is 0. The molecule has 0 atom stereocenters. The van der Waals surface area contributed by atoms with Gasteiger partial charge in [0, 0.05) is 25.8 Å². The first-order chi connectivity index (χ1) is 10.8. The number of phenolic OH excluding ortho intramolecular Hbond substituents is 1. The van der Waals surface area contributed by atoms with Gasteiger partial charge in [0.15, 0.2) is 17.4 Å². The van der Waals surface area contributed by atoms with Crippen molar-refractivity contribution in [3.63, 3.8) is 0 Å². The number of benzene rings is 1. The molecule has 9 nitrogen and oxygen atoms in total. The van der Waals surface area contributed by atoms with Gasteiger partial charge in [-0.3, -0.25) is 24.2 Å².